The van der Waals surface area contributed by atoms with E-state index in [2.05, 4.69) is 483 Å². The molecule has 140 heavy (non-hydrogen) atoms. The number of fused-ring (bicyclic) bond motifs is 35. The lowest BCUT2D eigenvalue weighted by atomic mass is 9.64. The summed E-state index contributed by atoms with van der Waals surface area (Å²) in [5.74, 6) is 0.236. The molecule has 6 heteroatoms. The first-order valence-corrected chi connectivity index (χ1v) is 52.5. The van der Waals surface area contributed by atoms with E-state index in [1.54, 1.807) is 0 Å². The molecule has 4 aliphatic heterocycles. The van der Waals surface area contributed by atoms with Gasteiger partial charge in [-0.15, -0.1) is 0 Å². The highest BCUT2D eigenvalue weighted by molar-refractivity contribution is 8.03. The van der Waals surface area contributed by atoms with Gasteiger partial charge in [0.15, 0.2) is 0 Å². The van der Waals surface area contributed by atoms with Crippen LogP contribution < -0.4 is 9.80 Å². The molecule has 0 N–H and O–H groups in total. The summed E-state index contributed by atoms with van der Waals surface area (Å²) in [7, 11) is 0. The van der Waals surface area contributed by atoms with Gasteiger partial charge in [-0.25, -0.2) is 0 Å². The Morgan fingerprint density at radius 3 is 1.26 bits per heavy atom. The first-order valence-electron chi connectivity index (χ1n) is 49.2. The SMILES string of the molecule is C1=CC2=C(c3ccccc3C23c2ccccc2Sc2ccccc23)C(N(c2ccc(C3=CCC(c4ccc(C5=CC6=C(CC5)C5(c7ccccc7S6)c6ccccc6-c6c(N(c7ccc(-c8ccc9ccccc9c8)cc7)c7ccc8c(c7)C7(c9ccccc9Sc9ccccc97)c7ccccc7-8)cccc65)cc4)C=C3)cc2)c2ccc3c(c2)C2(c4ccccc4Sc4ccccc42)c2ccccc2-3)C1. The van der Waals surface area contributed by atoms with Crippen molar-refractivity contribution in [3.8, 4) is 44.5 Å². The molecule has 0 radical (unpaired) electrons. The second-order valence-electron chi connectivity index (χ2n) is 39.1. The van der Waals surface area contributed by atoms with E-state index in [0.29, 0.717) is 0 Å². The summed E-state index contributed by atoms with van der Waals surface area (Å²) >= 11 is 7.68. The topological polar surface area (TPSA) is 6.48 Å². The molecule has 11 aliphatic rings. The molecule has 3 unspecified atom stereocenters. The molecule has 19 aromatic rings. The molecule has 4 heterocycles. The van der Waals surface area contributed by atoms with E-state index in [0.717, 1.165) is 42.7 Å². The van der Waals surface area contributed by atoms with Crippen molar-refractivity contribution in [2.24, 2.45) is 0 Å². The summed E-state index contributed by atoms with van der Waals surface area (Å²) in [6.07, 6.45) is 18.5. The lowest BCUT2D eigenvalue weighted by Gasteiger charge is -2.43. The van der Waals surface area contributed by atoms with E-state index < -0.39 is 21.7 Å². The monoisotopic (exact) mass is 1850 g/mol. The minimum atomic E-state index is -0.564. The third-order valence-corrected chi connectivity index (χ3v) is 37.2. The first kappa shape index (κ1) is 80.9. The van der Waals surface area contributed by atoms with E-state index in [1.807, 2.05) is 47.0 Å². The Kier molecular flexibility index (Phi) is 18.0. The van der Waals surface area contributed by atoms with Crippen molar-refractivity contribution in [3.63, 3.8) is 0 Å². The van der Waals surface area contributed by atoms with E-state index in [4.69, 9.17) is 0 Å². The number of nitrogens with zero attached hydrogens (tertiary/aromatic N) is 2. The predicted octanol–water partition coefficient (Wildman–Crippen LogP) is 35.0. The van der Waals surface area contributed by atoms with Crippen LogP contribution in [0.3, 0.4) is 0 Å². The number of hydrogen-bond donors (Lipinski definition) is 0. The number of benzene rings is 19. The van der Waals surface area contributed by atoms with Crippen LogP contribution in [0.15, 0.2) is 524 Å². The zero-order valence-electron chi connectivity index (χ0n) is 76.5. The van der Waals surface area contributed by atoms with Crippen molar-refractivity contribution in [2.45, 2.75) is 93.6 Å². The van der Waals surface area contributed by atoms with Gasteiger partial charge in [0.25, 0.3) is 0 Å². The fourth-order valence-corrected chi connectivity index (χ4v) is 31.8. The molecule has 2 nitrogen and oxygen atoms in total. The quantitative estimate of drug-likeness (QED) is 0.134. The average Bonchev–Trinajstić information content (AvgIpc) is 1.52. The summed E-state index contributed by atoms with van der Waals surface area (Å²) < 4.78 is 0. The molecule has 0 fully saturated rings. The van der Waals surface area contributed by atoms with E-state index in [1.165, 1.54) is 234 Å². The van der Waals surface area contributed by atoms with Crippen molar-refractivity contribution >= 4 is 103 Å². The zero-order valence-corrected chi connectivity index (χ0v) is 79.8. The van der Waals surface area contributed by atoms with Gasteiger partial charge >= 0.3 is 0 Å². The minimum Gasteiger partial charge on any atom is -0.334 e. The molecule has 0 aromatic heterocycles. The second-order valence-corrected chi connectivity index (χ2v) is 43.4. The summed E-state index contributed by atoms with van der Waals surface area (Å²) in [6, 6.07) is 168. The maximum atomic E-state index is 2.73. The summed E-state index contributed by atoms with van der Waals surface area (Å²) in [5.41, 5.74) is 44.5. The van der Waals surface area contributed by atoms with Gasteiger partial charge in [-0.2, -0.15) is 0 Å². The Bertz CT molecular complexity index is 8660. The minimum absolute atomic E-state index is 0.0622. The van der Waals surface area contributed by atoms with Gasteiger partial charge < -0.3 is 9.80 Å². The lowest BCUT2D eigenvalue weighted by Crippen LogP contribution is -2.36. The highest BCUT2D eigenvalue weighted by Gasteiger charge is 2.58. The van der Waals surface area contributed by atoms with E-state index in [9.17, 15) is 0 Å². The van der Waals surface area contributed by atoms with Gasteiger partial charge in [-0.3, -0.25) is 0 Å². The number of rotatable bonds is 10. The second kappa shape index (κ2) is 31.2. The van der Waals surface area contributed by atoms with Crippen molar-refractivity contribution in [2.75, 3.05) is 9.80 Å². The largest absolute Gasteiger partial charge is 0.334 e. The molecule has 0 saturated carbocycles. The normalized spacial score (nSPS) is 18.1. The van der Waals surface area contributed by atoms with Gasteiger partial charge in [-0.05, 0) is 313 Å². The van der Waals surface area contributed by atoms with Crippen LogP contribution in [0.5, 0.6) is 0 Å². The Balaban J connectivity index is 0.499. The number of hydrogen-bond acceptors (Lipinski definition) is 6. The molecular formula is C134H88N2S4. The average molecular weight is 1850 g/mol. The third kappa shape index (κ3) is 11.4. The van der Waals surface area contributed by atoms with Crippen LogP contribution in [-0.4, -0.2) is 6.04 Å². The summed E-state index contributed by atoms with van der Waals surface area (Å²) in [5, 5.41) is 2.48. The predicted molar refractivity (Wildman–Crippen MR) is 583 cm³/mol. The zero-order chi connectivity index (χ0) is 91.7. The molecule has 7 aliphatic carbocycles. The maximum Gasteiger partial charge on any atom is 0.0736 e. The number of anilines is 5. The molecule has 4 spiro atoms. The van der Waals surface area contributed by atoms with Crippen molar-refractivity contribution < 1.29 is 0 Å². The van der Waals surface area contributed by atoms with Gasteiger partial charge in [0, 0.05) is 73.4 Å². The van der Waals surface area contributed by atoms with Gasteiger partial charge in [0.1, 0.15) is 0 Å². The molecule has 30 rings (SSSR count). The van der Waals surface area contributed by atoms with Crippen LogP contribution in [0, 0.1) is 0 Å². The fraction of sp³-hybridized carbons (Fsp3) is 0.0746. The molecule has 0 amide bonds. The number of thioether (sulfide) groups is 1. The molecule has 658 valence electrons. The molecule has 3 atom stereocenters. The number of allylic oxidation sites excluding steroid dienone is 9. The van der Waals surface area contributed by atoms with Crippen LogP contribution >= 0.6 is 47.0 Å². The van der Waals surface area contributed by atoms with Gasteiger partial charge in [0.05, 0.1) is 33.4 Å². The van der Waals surface area contributed by atoms with Crippen LogP contribution in [0.25, 0.3) is 72.0 Å². The van der Waals surface area contributed by atoms with Crippen LogP contribution in [0.2, 0.25) is 0 Å². The van der Waals surface area contributed by atoms with E-state index in [-0.39, 0.29) is 12.0 Å². The Morgan fingerprint density at radius 1 is 0.271 bits per heavy atom. The van der Waals surface area contributed by atoms with Crippen molar-refractivity contribution in [3.05, 3.63) is 589 Å². The van der Waals surface area contributed by atoms with Crippen molar-refractivity contribution in [1.29, 1.82) is 0 Å². The molecule has 0 bridgehead atoms. The molecule has 0 saturated heterocycles. The smallest absolute Gasteiger partial charge is 0.0736 e. The summed E-state index contributed by atoms with van der Waals surface area (Å²) in [4.78, 5) is 15.8. The Morgan fingerprint density at radius 2 is 0.700 bits per heavy atom. The highest BCUT2D eigenvalue weighted by Crippen LogP contribution is 2.71. The molecule has 19 aromatic carbocycles. The van der Waals surface area contributed by atoms with Gasteiger partial charge in [-0.1, -0.05) is 411 Å². The molecular weight excluding hydrogens is 1770 g/mol. The maximum absolute atomic E-state index is 2.73. The first-order chi connectivity index (χ1) is 69.4. The lowest BCUT2D eigenvalue weighted by molar-refractivity contribution is 0.675. The summed E-state index contributed by atoms with van der Waals surface area (Å²) in [6.45, 7) is 0. The van der Waals surface area contributed by atoms with Crippen LogP contribution in [0.4, 0.5) is 28.4 Å². The van der Waals surface area contributed by atoms with Gasteiger partial charge in [0.2, 0.25) is 0 Å². The van der Waals surface area contributed by atoms with Crippen LogP contribution in [-0.2, 0) is 21.7 Å². The standard InChI is InChI=1S/C134H88N2S4/c1-2-28-90-79-91(64-63-83(90)27-1)89-67-72-94(73-68-89)136(96-75-77-100-98-30-4-8-34-104(98)134(118(100)82-96)112-42-16-22-52-125(112)139-126-53-23-17-43-113(126)134)120-47-26-45-116-130(120)102-32-6-10-36-106(102)132(116)109-39-13-24-54-127(109)140-128-80-92(69-78-114(128)132)88-61-59-85(60-62-88)84-55-57-86(58-56-84)87-65-70-93(71-66-87)135(95-74-76-99-97-29-3-7-33-103(97)133(117(99)81-95)110-40-14-20-50-123(110)138-124-51-21-15-41-111(124)133)119-46-25-44-115-129(119)101-31-5-9-35-105(101)131(115)107-37-11-18-48-121(107)137-122-49-19-12-38-108(122)131/h1-45,47-55,57-68,70-77,79-82,84,119H,46,56,69,78H2. The fourth-order valence-electron chi connectivity index (χ4n) is 26.9. The van der Waals surface area contributed by atoms with Crippen molar-refractivity contribution in [1.82, 2.24) is 0 Å². The Labute approximate surface area is 833 Å². The van der Waals surface area contributed by atoms with E-state index >= 15 is 0 Å². The third-order valence-electron chi connectivity index (χ3n) is 32.6. The van der Waals surface area contributed by atoms with Crippen LogP contribution in [0.1, 0.15) is 132 Å². The Hall–Kier alpha value is -15.1. The highest BCUT2D eigenvalue weighted by atomic mass is 32.2.